The maximum atomic E-state index is 12.2. The van der Waals surface area contributed by atoms with Crippen LogP contribution in [0.1, 0.15) is 11.3 Å². The molecule has 3 aromatic rings. The topological polar surface area (TPSA) is 70.7 Å². The number of amides is 1. The predicted octanol–water partition coefficient (Wildman–Crippen LogP) is 4.19. The summed E-state index contributed by atoms with van der Waals surface area (Å²) in [6.45, 7) is 0.547. The van der Waals surface area contributed by atoms with Gasteiger partial charge >= 0.3 is 0 Å². The molecule has 124 valence electrons. The third kappa shape index (κ3) is 4.15. The van der Waals surface area contributed by atoms with Crippen LogP contribution in [0.4, 0.5) is 5.13 Å². The van der Waals surface area contributed by atoms with Crippen molar-refractivity contribution < 1.29 is 4.79 Å². The molecule has 7 heteroatoms. The third-order valence-electron chi connectivity index (χ3n) is 3.47. The summed E-state index contributed by atoms with van der Waals surface area (Å²) in [5.41, 5.74) is 1.71. The lowest BCUT2D eigenvalue weighted by Crippen LogP contribution is -2.13. The second-order valence-corrected chi connectivity index (χ2v) is 6.42. The van der Waals surface area contributed by atoms with Crippen LogP contribution in [-0.2, 0) is 11.3 Å². The van der Waals surface area contributed by atoms with Gasteiger partial charge in [0, 0.05) is 35.0 Å². The molecule has 2 aromatic heterocycles. The van der Waals surface area contributed by atoms with E-state index in [-0.39, 0.29) is 5.57 Å². The molecule has 0 unspecified atom stereocenters. The van der Waals surface area contributed by atoms with Crippen LogP contribution in [0.2, 0.25) is 5.02 Å². The summed E-state index contributed by atoms with van der Waals surface area (Å²) in [5.74, 6) is -0.483. The molecule has 1 amide bonds. The first-order chi connectivity index (χ1) is 12.2. The quantitative estimate of drug-likeness (QED) is 0.542. The summed E-state index contributed by atoms with van der Waals surface area (Å²) in [6, 6.07) is 13.2. The molecule has 0 radical (unpaired) electrons. The average Bonchev–Trinajstić information content (AvgIpc) is 3.26. The van der Waals surface area contributed by atoms with Crippen molar-refractivity contribution in [1.82, 2.24) is 9.55 Å². The van der Waals surface area contributed by atoms with Gasteiger partial charge in [-0.1, -0.05) is 29.8 Å². The Morgan fingerprint density at radius 1 is 1.36 bits per heavy atom. The molecule has 2 heterocycles. The van der Waals surface area contributed by atoms with Crippen molar-refractivity contribution >= 4 is 40.1 Å². The molecule has 0 aliphatic heterocycles. The molecule has 0 saturated heterocycles. The van der Waals surface area contributed by atoms with Gasteiger partial charge in [-0.25, -0.2) is 4.98 Å². The van der Waals surface area contributed by atoms with Crippen molar-refractivity contribution in [3.8, 4) is 6.07 Å². The minimum absolute atomic E-state index is 0.00862. The van der Waals surface area contributed by atoms with Crippen molar-refractivity contribution in [2.24, 2.45) is 0 Å². The Balaban J connectivity index is 1.83. The van der Waals surface area contributed by atoms with Crippen molar-refractivity contribution in [3.63, 3.8) is 0 Å². The molecule has 0 aliphatic carbocycles. The lowest BCUT2D eigenvalue weighted by molar-refractivity contribution is -0.112. The van der Waals surface area contributed by atoms with E-state index in [4.69, 9.17) is 11.6 Å². The average molecular weight is 369 g/mol. The third-order valence-corrected chi connectivity index (χ3v) is 4.53. The van der Waals surface area contributed by atoms with Gasteiger partial charge in [0.2, 0.25) is 0 Å². The Bertz CT molecular complexity index is 954. The van der Waals surface area contributed by atoms with Crippen molar-refractivity contribution in [1.29, 1.82) is 5.26 Å². The highest BCUT2D eigenvalue weighted by Crippen LogP contribution is 2.19. The van der Waals surface area contributed by atoms with Crippen LogP contribution in [0.3, 0.4) is 0 Å². The molecule has 1 aromatic carbocycles. The molecule has 0 atom stereocenters. The number of anilines is 1. The highest BCUT2D eigenvalue weighted by Gasteiger charge is 2.12. The highest BCUT2D eigenvalue weighted by molar-refractivity contribution is 7.13. The summed E-state index contributed by atoms with van der Waals surface area (Å²) in [5, 5.41) is 14.8. The molecule has 3 rings (SSSR count). The van der Waals surface area contributed by atoms with E-state index >= 15 is 0 Å². The van der Waals surface area contributed by atoms with Gasteiger partial charge in [0.15, 0.2) is 5.13 Å². The summed E-state index contributed by atoms with van der Waals surface area (Å²) < 4.78 is 1.93. The Hall–Kier alpha value is -2.88. The van der Waals surface area contributed by atoms with Gasteiger partial charge in [0.25, 0.3) is 5.91 Å². The van der Waals surface area contributed by atoms with E-state index in [0.29, 0.717) is 16.7 Å². The monoisotopic (exact) mass is 368 g/mol. The number of halogens is 1. The van der Waals surface area contributed by atoms with E-state index in [9.17, 15) is 10.1 Å². The standard InChI is InChI=1S/C18H13ClN4OS/c19-16-6-2-1-4-13(16)12-23-8-3-5-15(23)10-14(11-20)17(24)22-18-21-7-9-25-18/h1-10H,12H2,(H,21,22,24)/b14-10-. The molecular weight excluding hydrogens is 356 g/mol. The summed E-state index contributed by atoms with van der Waals surface area (Å²) in [6.07, 6.45) is 5.02. The van der Waals surface area contributed by atoms with Crippen LogP contribution in [0.5, 0.6) is 0 Å². The predicted molar refractivity (Wildman–Crippen MR) is 99.3 cm³/mol. The van der Waals surface area contributed by atoms with Crippen molar-refractivity contribution in [3.05, 3.63) is 76.0 Å². The molecule has 1 N–H and O–H groups in total. The highest BCUT2D eigenvalue weighted by atomic mass is 35.5. The fourth-order valence-electron chi connectivity index (χ4n) is 2.26. The molecule has 0 spiro atoms. The van der Waals surface area contributed by atoms with Gasteiger partial charge in [0.1, 0.15) is 11.6 Å². The number of hydrogen-bond donors (Lipinski definition) is 1. The van der Waals surface area contributed by atoms with Gasteiger partial charge in [-0.3, -0.25) is 10.1 Å². The fourth-order valence-corrected chi connectivity index (χ4v) is 2.98. The Morgan fingerprint density at radius 2 is 2.20 bits per heavy atom. The van der Waals surface area contributed by atoms with E-state index in [1.807, 2.05) is 53.2 Å². The zero-order valence-corrected chi connectivity index (χ0v) is 14.6. The van der Waals surface area contributed by atoms with E-state index in [1.54, 1.807) is 17.7 Å². The van der Waals surface area contributed by atoms with E-state index in [0.717, 1.165) is 11.3 Å². The van der Waals surface area contributed by atoms with Gasteiger partial charge in [0.05, 0.1) is 0 Å². The summed E-state index contributed by atoms with van der Waals surface area (Å²) in [7, 11) is 0. The van der Waals surface area contributed by atoms with Crippen LogP contribution in [0.15, 0.2) is 59.7 Å². The molecular formula is C18H13ClN4OS. The molecule has 0 fully saturated rings. The molecule has 0 aliphatic rings. The number of rotatable bonds is 5. The normalized spacial score (nSPS) is 11.1. The molecule has 25 heavy (non-hydrogen) atoms. The number of aromatic nitrogens is 2. The maximum absolute atomic E-state index is 12.2. The Labute approximate surface area is 153 Å². The largest absolute Gasteiger partial charge is 0.343 e. The van der Waals surface area contributed by atoms with Gasteiger partial charge in [-0.2, -0.15) is 5.26 Å². The van der Waals surface area contributed by atoms with Crippen LogP contribution in [-0.4, -0.2) is 15.5 Å². The number of nitrogens with one attached hydrogen (secondary N) is 1. The van der Waals surface area contributed by atoms with Gasteiger partial charge in [-0.15, -0.1) is 11.3 Å². The number of carbonyl (C=O) groups excluding carboxylic acids is 1. The van der Waals surface area contributed by atoms with E-state index in [2.05, 4.69) is 10.3 Å². The lowest BCUT2D eigenvalue weighted by Gasteiger charge is -2.09. The van der Waals surface area contributed by atoms with Crippen LogP contribution in [0, 0.1) is 11.3 Å². The summed E-state index contributed by atoms with van der Waals surface area (Å²) >= 11 is 7.50. The minimum atomic E-state index is -0.483. The number of nitrogens with zero attached hydrogens (tertiary/aromatic N) is 3. The Morgan fingerprint density at radius 3 is 2.92 bits per heavy atom. The molecule has 5 nitrogen and oxygen atoms in total. The Kier molecular flexibility index (Phi) is 5.29. The number of nitriles is 1. The SMILES string of the molecule is N#C/C(=C/c1cccn1Cc1ccccc1Cl)C(=O)Nc1nccs1. The number of carbonyl (C=O) groups is 1. The minimum Gasteiger partial charge on any atom is -0.343 e. The second-order valence-electron chi connectivity index (χ2n) is 5.11. The van der Waals surface area contributed by atoms with E-state index < -0.39 is 5.91 Å². The first-order valence-electron chi connectivity index (χ1n) is 7.38. The zero-order chi connectivity index (χ0) is 17.6. The summed E-state index contributed by atoms with van der Waals surface area (Å²) in [4.78, 5) is 16.2. The smallest absolute Gasteiger partial charge is 0.268 e. The van der Waals surface area contributed by atoms with Crippen molar-refractivity contribution in [2.75, 3.05) is 5.32 Å². The number of hydrogen-bond acceptors (Lipinski definition) is 4. The first-order valence-corrected chi connectivity index (χ1v) is 8.64. The van der Waals surface area contributed by atoms with Crippen LogP contribution < -0.4 is 5.32 Å². The lowest BCUT2D eigenvalue weighted by atomic mass is 10.2. The maximum Gasteiger partial charge on any atom is 0.268 e. The number of benzene rings is 1. The van der Waals surface area contributed by atoms with Gasteiger partial charge in [-0.05, 0) is 29.8 Å². The van der Waals surface area contributed by atoms with Gasteiger partial charge < -0.3 is 4.57 Å². The zero-order valence-electron chi connectivity index (χ0n) is 13.0. The first kappa shape index (κ1) is 17.0. The fraction of sp³-hybridized carbons (Fsp3) is 0.0556. The van der Waals surface area contributed by atoms with Crippen LogP contribution in [0.25, 0.3) is 6.08 Å². The molecule has 0 saturated carbocycles. The molecule has 0 bridgehead atoms. The van der Waals surface area contributed by atoms with Crippen molar-refractivity contribution in [2.45, 2.75) is 6.54 Å². The van der Waals surface area contributed by atoms with Crippen LogP contribution >= 0.6 is 22.9 Å². The van der Waals surface area contributed by atoms with E-state index in [1.165, 1.54) is 11.3 Å². The second kappa shape index (κ2) is 7.79. The number of thiazole rings is 1.